The zero-order chi connectivity index (χ0) is 20.1. The molecule has 1 fully saturated rings. The molecule has 152 valence electrons. The van der Waals surface area contributed by atoms with Gasteiger partial charge in [-0.15, -0.1) is 11.3 Å². The second-order valence-corrected chi connectivity index (χ2v) is 9.83. The molecule has 1 aromatic carbocycles. The molecule has 9 heteroatoms. The summed E-state index contributed by atoms with van der Waals surface area (Å²) in [7, 11) is -0.548. The highest BCUT2D eigenvalue weighted by Gasteiger charge is 2.24. The lowest BCUT2D eigenvalue weighted by Crippen LogP contribution is -2.43. The van der Waals surface area contributed by atoms with Crippen LogP contribution in [0.1, 0.15) is 21.3 Å². The van der Waals surface area contributed by atoms with Gasteiger partial charge in [-0.3, -0.25) is 9.69 Å². The van der Waals surface area contributed by atoms with Crippen LogP contribution in [0.25, 0.3) is 0 Å². The van der Waals surface area contributed by atoms with E-state index in [0.717, 1.165) is 17.4 Å². The summed E-state index contributed by atoms with van der Waals surface area (Å²) < 4.78 is 30.9. The molecular formula is C19H25N3O4S2. The van der Waals surface area contributed by atoms with Crippen molar-refractivity contribution in [2.75, 3.05) is 46.9 Å². The van der Waals surface area contributed by atoms with Gasteiger partial charge in [-0.05, 0) is 35.7 Å². The van der Waals surface area contributed by atoms with Crippen LogP contribution < -0.4 is 5.32 Å². The topological polar surface area (TPSA) is 79.0 Å². The number of thiophene rings is 1. The lowest BCUT2D eigenvalue weighted by Gasteiger charge is -2.34. The minimum Gasteiger partial charge on any atom is -0.379 e. The fourth-order valence-electron chi connectivity index (χ4n) is 3.06. The normalized spacial score (nSPS) is 16.8. The van der Waals surface area contributed by atoms with E-state index in [2.05, 4.69) is 16.3 Å². The first-order chi connectivity index (χ1) is 13.4. The SMILES string of the molecule is CN(C)S(=O)(=O)c1ccc(C(=O)NC[C@@H](c2cccs2)N2CCOCC2)cc1. The molecule has 0 radical (unpaired) electrons. The largest absolute Gasteiger partial charge is 0.379 e. The van der Waals surface area contributed by atoms with Gasteiger partial charge in [0, 0.05) is 44.2 Å². The Balaban J connectivity index is 1.67. The predicted molar refractivity (Wildman–Crippen MR) is 109 cm³/mol. The Hall–Kier alpha value is -1.78. The second-order valence-electron chi connectivity index (χ2n) is 6.70. The number of morpholine rings is 1. The Morgan fingerprint density at radius 2 is 1.89 bits per heavy atom. The zero-order valence-corrected chi connectivity index (χ0v) is 17.6. The van der Waals surface area contributed by atoms with Gasteiger partial charge >= 0.3 is 0 Å². The number of hydrogen-bond acceptors (Lipinski definition) is 6. The average molecular weight is 424 g/mol. The van der Waals surface area contributed by atoms with E-state index in [0.29, 0.717) is 25.3 Å². The van der Waals surface area contributed by atoms with Crippen molar-refractivity contribution in [3.63, 3.8) is 0 Å². The maximum absolute atomic E-state index is 12.6. The monoisotopic (exact) mass is 423 g/mol. The first-order valence-electron chi connectivity index (χ1n) is 9.05. The summed E-state index contributed by atoms with van der Waals surface area (Å²) >= 11 is 1.67. The first kappa shape index (κ1) is 20.9. The zero-order valence-electron chi connectivity index (χ0n) is 16.0. The molecule has 0 spiro atoms. The van der Waals surface area contributed by atoms with Gasteiger partial charge in [0.15, 0.2) is 0 Å². The number of ether oxygens (including phenoxy) is 1. The molecule has 1 amide bonds. The number of amides is 1. The molecule has 0 saturated carbocycles. The van der Waals surface area contributed by atoms with E-state index in [1.807, 2.05) is 11.4 Å². The van der Waals surface area contributed by atoms with Gasteiger partial charge < -0.3 is 10.1 Å². The van der Waals surface area contributed by atoms with Gasteiger partial charge in [-0.2, -0.15) is 0 Å². The summed E-state index contributed by atoms with van der Waals surface area (Å²) in [6.45, 7) is 3.53. The van der Waals surface area contributed by atoms with E-state index >= 15 is 0 Å². The van der Waals surface area contributed by atoms with Gasteiger partial charge in [0.25, 0.3) is 5.91 Å². The molecule has 28 heavy (non-hydrogen) atoms. The lowest BCUT2D eigenvalue weighted by atomic mass is 10.1. The number of sulfonamides is 1. The van der Waals surface area contributed by atoms with Crippen molar-refractivity contribution in [2.24, 2.45) is 0 Å². The Bertz CT molecular complexity index is 874. The molecule has 1 N–H and O–H groups in total. The van der Waals surface area contributed by atoms with Crippen LogP contribution in [0.3, 0.4) is 0 Å². The number of hydrogen-bond donors (Lipinski definition) is 1. The van der Waals surface area contributed by atoms with Gasteiger partial charge in [0.2, 0.25) is 10.0 Å². The number of benzene rings is 1. The molecule has 1 atom stereocenters. The first-order valence-corrected chi connectivity index (χ1v) is 11.4. The molecule has 2 aromatic rings. The van der Waals surface area contributed by atoms with Gasteiger partial charge in [-0.1, -0.05) is 6.07 Å². The molecule has 2 heterocycles. The highest BCUT2D eigenvalue weighted by molar-refractivity contribution is 7.89. The fraction of sp³-hybridized carbons (Fsp3) is 0.421. The number of carbonyl (C=O) groups is 1. The maximum atomic E-state index is 12.6. The summed E-state index contributed by atoms with van der Waals surface area (Å²) in [5.41, 5.74) is 0.435. The van der Waals surface area contributed by atoms with Crippen molar-refractivity contribution in [1.82, 2.24) is 14.5 Å². The number of nitrogens with one attached hydrogen (secondary N) is 1. The van der Waals surface area contributed by atoms with Crippen molar-refractivity contribution < 1.29 is 17.9 Å². The Morgan fingerprint density at radius 3 is 2.46 bits per heavy atom. The molecule has 1 aromatic heterocycles. The van der Waals surface area contributed by atoms with E-state index in [1.54, 1.807) is 23.5 Å². The van der Waals surface area contributed by atoms with Gasteiger partial charge in [0.1, 0.15) is 0 Å². The fourth-order valence-corrected chi connectivity index (χ4v) is 4.82. The third kappa shape index (κ3) is 4.79. The summed E-state index contributed by atoms with van der Waals surface area (Å²) in [4.78, 5) is 16.3. The van der Waals surface area contributed by atoms with Crippen molar-refractivity contribution >= 4 is 27.3 Å². The average Bonchev–Trinajstić information content (AvgIpc) is 3.23. The lowest BCUT2D eigenvalue weighted by molar-refractivity contribution is 0.0169. The van der Waals surface area contributed by atoms with Crippen LogP contribution >= 0.6 is 11.3 Å². The van der Waals surface area contributed by atoms with E-state index in [4.69, 9.17) is 4.74 Å². The van der Waals surface area contributed by atoms with E-state index < -0.39 is 10.0 Å². The van der Waals surface area contributed by atoms with Gasteiger partial charge in [-0.25, -0.2) is 12.7 Å². The van der Waals surface area contributed by atoms with Crippen LogP contribution in [-0.2, 0) is 14.8 Å². The van der Waals surface area contributed by atoms with E-state index in [1.165, 1.54) is 31.1 Å². The maximum Gasteiger partial charge on any atom is 0.251 e. The Kier molecular flexibility index (Phi) is 6.84. The second kappa shape index (κ2) is 9.15. The molecule has 3 rings (SSSR count). The summed E-state index contributed by atoms with van der Waals surface area (Å²) in [5.74, 6) is -0.219. The summed E-state index contributed by atoms with van der Waals surface area (Å²) in [5, 5.41) is 5.03. The number of carbonyl (C=O) groups excluding carboxylic acids is 1. The highest BCUT2D eigenvalue weighted by Crippen LogP contribution is 2.25. The Labute approximate surface area is 170 Å². The summed E-state index contributed by atoms with van der Waals surface area (Å²) in [6.07, 6.45) is 0. The molecule has 0 bridgehead atoms. The quantitative estimate of drug-likeness (QED) is 0.735. The van der Waals surface area contributed by atoms with Crippen LogP contribution in [0.4, 0.5) is 0 Å². The Morgan fingerprint density at radius 1 is 1.21 bits per heavy atom. The minimum absolute atomic E-state index is 0.0984. The van der Waals surface area contributed by atoms with E-state index in [9.17, 15) is 13.2 Å². The van der Waals surface area contributed by atoms with Crippen molar-refractivity contribution in [3.05, 3.63) is 52.2 Å². The summed E-state index contributed by atoms with van der Waals surface area (Å²) in [6, 6.07) is 10.2. The smallest absolute Gasteiger partial charge is 0.251 e. The van der Waals surface area contributed by atoms with Crippen molar-refractivity contribution in [3.8, 4) is 0 Å². The number of nitrogens with zero attached hydrogens (tertiary/aromatic N) is 2. The van der Waals surface area contributed by atoms with Gasteiger partial charge in [0.05, 0.1) is 24.2 Å². The van der Waals surface area contributed by atoms with Crippen LogP contribution in [0.5, 0.6) is 0 Å². The molecule has 1 saturated heterocycles. The molecule has 0 aliphatic carbocycles. The third-order valence-corrected chi connectivity index (χ3v) is 7.51. The standard InChI is InChI=1S/C19H25N3O4S2/c1-21(2)28(24,25)16-7-5-15(6-8-16)19(23)20-14-17(18-4-3-13-27-18)22-9-11-26-12-10-22/h3-8,13,17H,9-12,14H2,1-2H3,(H,20,23)/t17-/m0/s1. The minimum atomic E-state index is -3.50. The third-order valence-electron chi connectivity index (χ3n) is 4.71. The molecule has 1 aliphatic heterocycles. The molecule has 7 nitrogen and oxygen atoms in total. The predicted octanol–water partition coefficient (Wildman–Crippen LogP) is 1.80. The molecule has 0 unspecified atom stereocenters. The van der Waals surface area contributed by atoms with Crippen LogP contribution in [-0.4, -0.2) is 70.5 Å². The van der Waals surface area contributed by atoms with Crippen molar-refractivity contribution in [2.45, 2.75) is 10.9 Å². The van der Waals surface area contributed by atoms with Crippen LogP contribution in [0.2, 0.25) is 0 Å². The van der Waals surface area contributed by atoms with Crippen LogP contribution in [0, 0.1) is 0 Å². The van der Waals surface area contributed by atoms with Crippen LogP contribution in [0.15, 0.2) is 46.7 Å². The van der Waals surface area contributed by atoms with E-state index in [-0.39, 0.29) is 16.8 Å². The molecular weight excluding hydrogens is 398 g/mol. The molecule has 1 aliphatic rings. The van der Waals surface area contributed by atoms with Crippen molar-refractivity contribution in [1.29, 1.82) is 0 Å². The number of rotatable bonds is 7. The highest BCUT2D eigenvalue weighted by atomic mass is 32.2.